The molecule has 0 amide bonds. The Morgan fingerprint density at radius 2 is 1.08 bits per heavy atom. The molecule has 184 valence electrons. The minimum absolute atomic E-state index is 0.593. The molecule has 0 unspecified atom stereocenters. The molecule has 0 spiro atoms. The average Bonchev–Trinajstić information content (AvgIpc) is 3.32. The Morgan fingerprint density at radius 3 is 1.53 bits per heavy atom. The molecular weight excluding hydrogens is 464 g/mol. The van der Waals surface area contributed by atoms with E-state index in [4.69, 9.17) is 0 Å². The summed E-state index contributed by atoms with van der Waals surface area (Å²) in [5.41, 5.74) is 5.12. The number of hydrogen-bond donors (Lipinski definition) is 0. The topological polar surface area (TPSA) is 43.6 Å². The van der Waals surface area contributed by atoms with Crippen molar-refractivity contribution in [2.45, 2.75) is 6.92 Å². The summed E-state index contributed by atoms with van der Waals surface area (Å²) in [5, 5.41) is 2.57. The summed E-state index contributed by atoms with van der Waals surface area (Å²) in [6, 6.07) is 36.6. The summed E-state index contributed by atoms with van der Waals surface area (Å²) in [4.78, 5) is 13.8. The van der Waals surface area contributed by atoms with Gasteiger partial charge in [0.2, 0.25) is 0 Å². The molecule has 0 aliphatic rings. The molecule has 0 saturated heterocycles. The molecule has 4 nitrogen and oxygen atoms in total. The standard InChI is InChI=1S/C20H17N3.C14H11N/c1-3-10-15(2)18-21-19(16-11-6-4-7-12-16)23-20(22-18)17-13-8-5-9-14-17;1-2-15-13-9-5-3-7-11(13)12-8-4-6-10-14(12)15/h3-14H,2H2,1H3;2-10H,1H2/b10-3-;. The van der Waals surface area contributed by atoms with Gasteiger partial charge < -0.3 is 4.57 Å². The van der Waals surface area contributed by atoms with Gasteiger partial charge in [0.25, 0.3) is 0 Å². The third-order valence-corrected chi connectivity index (χ3v) is 6.15. The van der Waals surface area contributed by atoms with Crippen LogP contribution in [0.1, 0.15) is 12.7 Å². The fourth-order valence-electron chi connectivity index (χ4n) is 4.38. The van der Waals surface area contributed by atoms with Crippen molar-refractivity contribution in [3.63, 3.8) is 0 Å². The first kappa shape index (κ1) is 24.6. The van der Waals surface area contributed by atoms with E-state index in [-0.39, 0.29) is 0 Å². The van der Waals surface area contributed by atoms with Crippen LogP contribution in [0.4, 0.5) is 0 Å². The Morgan fingerprint density at radius 1 is 0.632 bits per heavy atom. The molecule has 4 aromatic carbocycles. The molecule has 0 N–H and O–H groups in total. The molecule has 2 aromatic heterocycles. The van der Waals surface area contributed by atoms with Gasteiger partial charge in [-0.3, -0.25) is 0 Å². The molecule has 0 bridgehead atoms. The summed E-state index contributed by atoms with van der Waals surface area (Å²) in [5.74, 6) is 1.90. The van der Waals surface area contributed by atoms with Crippen molar-refractivity contribution in [3.05, 3.63) is 140 Å². The first-order valence-electron chi connectivity index (χ1n) is 12.5. The van der Waals surface area contributed by atoms with Gasteiger partial charge >= 0.3 is 0 Å². The van der Waals surface area contributed by atoms with Crippen LogP contribution in [0.5, 0.6) is 0 Å². The third-order valence-electron chi connectivity index (χ3n) is 6.15. The maximum atomic E-state index is 4.63. The molecule has 4 heteroatoms. The molecular formula is C34H28N4. The van der Waals surface area contributed by atoms with Crippen molar-refractivity contribution in [3.8, 4) is 22.8 Å². The van der Waals surface area contributed by atoms with Crippen LogP contribution in [-0.2, 0) is 0 Å². The summed E-state index contributed by atoms with van der Waals surface area (Å²) in [6.45, 7) is 9.86. The lowest BCUT2D eigenvalue weighted by Gasteiger charge is -2.07. The Hall–Kier alpha value is -5.09. The zero-order chi connectivity index (χ0) is 26.3. The van der Waals surface area contributed by atoms with Gasteiger partial charge in [-0.15, -0.1) is 0 Å². The monoisotopic (exact) mass is 492 g/mol. The van der Waals surface area contributed by atoms with Crippen LogP contribution in [0.15, 0.2) is 135 Å². The van der Waals surface area contributed by atoms with E-state index in [9.17, 15) is 0 Å². The molecule has 0 fully saturated rings. The van der Waals surface area contributed by atoms with Crippen LogP contribution in [0.3, 0.4) is 0 Å². The lowest BCUT2D eigenvalue weighted by atomic mass is 10.1. The first-order valence-corrected chi connectivity index (χ1v) is 12.5. The second kappa shape index (κ2) is 11.3. The van der Waals surface area contributed by atoms with Crippen molar-refractivity contribution < 1.29 is 0 Å². The predicted octanol–water partition coefficient (Wildman–Crippen LogP) is 8.69. The number of hydrogen-bond acceptors (Lipinski definition) is 3. The Bertz CT molecular complexity index is 1640. The Labute approximate surface area is 223 Å². The van der Waals surface area contributed by atoms with E-state index < -0.39 is 0 Å². The quantitative estimate of drug-likeness (QED) is 0.226. The van der Waals surface area contributed by atoms with Crippen molar-refractivity contribution in [2.75, 3.05) is 0 Å². The second-order valence-electron chi connectivity index (χ2n) is 8.65. The first-order chi connectivity index (χ1) is 18.7. The van der Waals surface area contributed by atoms with Crippen LogP contribution in [0.25, 0.3) is 56.4 Å². The highest BCUT2D eigenvalue weighted by atomic mass is 15.0. The molecule has 6 aromatic rings. The molecule has 38 heavy (non-hydrogen) atoms. The normalized spacial score (nSPS) is 10.9. The van der Waals surface area contributed by atoms with Gasteiger partial charge in [0.05, 0.1) is 11.0 Å². The third kappa shape index (κ3) is 5.06. The molecule has 0 aliphatic heterocycles. The summed E-state index contributed by atoms with van der Waals surface area (Å²) >= 11 is 0. The lowest BCUT2D eigenvalue weighted by Crippen LogP contribution is -2.01. The van der Waals surface area contributed by atoms with E-state index in [1.807, 2.05) is 85.9 Å². The SMILES string of the molecule is C=C(/C=C\C)c1nc(-c2ccccc2)nc(-c2ccccc2)n1.C=Cn1c2ccccc2c2ccccc21. The van der Waals surface area contributed by atoms with E-state index in [0.717, 1.165) is 16.7 Å². The number of allylic oxidation sites excluding steroid dienone is 3. The van der Waals surface area contributed by atoms with Crippen LogP contribution < -0.4 is 0 Å². The van der Waals surface area contributed by atoms with E-state index in [1.165, 1.54) is 21.8 Å². The highest BCUT2D eigenvalue weighted by Gasteiger charge is 2.11. The van der Waals surface area contributed by atoms with Crippen molar-refractivity contribution in [1.29, 1.82) is 0 Å². The fraction of sp³-hybridized carbons (Fsp3) is 0.0294. The van der Waals surface area contributed by atoms with Crippen molar-refractivity contribution >= 4 is 33.6 Å². The number of aromatic nitrogens is 4. The number of nitrogens with zero attached hydrogens (tertiary/aromatic N) is 4. The molecule has 0 radical (unpaired) electrons. The minimum atomic E-state index is 0.593. The average molecular weight is 493 g/mol. The van der Waals surface area contributed by atoms with Gasteiger partial charge in [-0.05, 0) is 19.1 Å². The maximum absolute atomic E-state index is 4.63. The van der Waals surface area contributed by atoms with Crippen LogP contribution in [0.2, 0.25) is 0 Å². The van der Waals surface area contributed by atoms with Gasteiger partial charge in [-0.2, -0.15) is 0 Å². The highest BCUT2D eigenvalue weighted by molar-refractivity contribution is 6.09. The fourth-order valence-corrected chi connectivity index (χ4v) is 4.38. The zero-order valence-electron chi connectivity index (χ0n) is 21.3. The van der Waals surface area contributed by atoms with E-state index >= 15 is 0 Å². The summed E-state index contributed by atoms with van der Waals surface area (Å²) in [6.07, 6.45) is 5.69. The van der Waals surface area contributed by atoms with Crippen LogP contribution >= 0.6 is 0 Å². The van der Waals surface area contributed by atoms with Gasteiger partial charge in [0.1, 0.15) is 0 Å². The van der Waals surface area contributed by atoms with E-state index in [0.29, 0.717) is 17.5 Å². The maximum Gasteiger partial charge on any atom is 0.164 e. The Balaban J connectivity index is 0.000000168. The Kier molecular flexibility index (Phi) is 7.32. The molecule has 2 heterocycles. The van der Waals surface area contributed by atoms with E-state index in [2.05, 4.69) is 81.2 Å². The lowest BCUT2D eigenvalue weighted by molar-refractivity contribution is 1.04. The van der Waals surface area contributed by atoms with Gasteiger partial charge in [-0.25, -0.2) is 15.0 Å². The van der Waals surface area contributed by atoms with Gasteiger partial charge in [0.15, 0.2) is 17.5 Å². The predicted molar refractivity (Wildman–Crippen MR) is 160 cm³/mol. The second-order valence-corrected chi connectivity index (χ2v) is 8.65. The smallest absolute Gasteiger partial charge is 0.164 e. The zero-order valence-corrected chi connectivity index (χ0v) is 21.3. The van der Waals surface area contributed by atoms with Gasteiger partial charge in [0, 0.05) is 33.7 Å². The van der Waals surface area contributed by atoms with E-state index in [1.54, 1.807) is 0 Å². The highest BCUT2D eigenvalue weighted by Crippen LogP contribution is 2.28. The number of para-hydroxylation sites is 2. The molecule has 6 rings (SSSR count). The largest absolute Gasteiger partial charge is 0.317 e. The summed E-state index contributed by atoms with van der Waals surface area (Å²) in [7, 11) is 0. The molecule has 0 aliphatic carbocycles. The molecule has 0 saturated carbocycles. The van der Waals surface area contributed by atoms with Crippen LogP contribution in [0, 0.1) is 0 Å². The van der Waals surface area contributed by atoms with Crippen LogP contribution in [-0.4, -0.2) is 19.5 Å². The number of rotatable bonds is 5. The van der Waals surface area contributed by atoms with Crippen molar-refractivity contribution in [2.24, 2.45) is 0 Å². The number of fused-ring (bicyclic) bond motifs is 3. The molecule has 0 atom stereocenters. The number of benzene rings is 4. The van der Waals surface area contributed by atoms with Gasteiger partial charge in [-0.1, -0.05) is 122 Å². The van der Waals surface area contributed by atoms with Crippen molar-refractivity contribution in [1.82, 2.24) is 19.5 Å². The minimum Gasteiger partial charge on any atom is -0.317 e. The summed E-state index contributed by atoms with van der Waals surface area (Å²) < 4.78 is 2.13.